The number of hydrogen-bond donors (Lipinski definition) is 1. The summed E-state index contributed by atoms with van der Waals surface area (Å²) in [6, 6.07) is 0. The predicted octanol–water partition coefficient (Wildman–Crippen LogP) is 1.34. The van der Waals surface area contributed by atoms with Gasteiger partial charge in [-0.15, -0.1) is 6.58 Å². The van der Waals surface area contributed by atoms with Crippen LogP contribution in [-0.4, -0.2) is 31.1 Å². The Balaban J connectivity index is 4.64. The van der Waals surface area contributed by atoms with Crippen molar-refractivity contribution in [1.29, 1.82) is 0 Å². The highest BCUT2D eigenvalue weighted by molar-refractivity contribution is 6.27. The fourth-order valence-corrected chi connectivity index (χ4v) is 0.657. The number of nitrogens with one attached hydrogen (secondary N) is 1. The van der Waals surface area contributed by atoms with Crippen LogP contribution in [0.5, 0.6) is 0 Å². The Kier molecular flexibility index (Phi) is 8.30. The monoisotopic (exact) mass is 220 g/mol. The molecule has 0 rings (SSSR count). The fraction of sp³-hybridized carbons (Fsp3) is 0.273. The van der Waals surface area contributed by atoms with Gasteiger partial charge in [-0.25, -0.2) is 9.98 Å². The number of aliphatic imine (C=N–C) groups is 3. The molecule has 5 nitrogen and oxygen atoms in total. The summed E-state index contributed by atoms with van der Waals surface area (Å²) in [6.07, 6.45) is 6.86. The molecule has 0 aromatic rings. The molecule has 0 spiro atoms. The van der Waals surface area contributed by atoms with Gasteiger partial charge in [0.2, 0.25) is 0 Å². The molecule has 0 saturated heterocycles. The van der Waals surface area contributed by atoms with Crippen LogP contribution < -0.4 is 5.32 Å². The molecule has 0 aliphatic carbocycles. The van der Waals surface area contributed by atoms with Crippen molar-refractivity contribution in [3.05, 3.63) is 24.7 Å². The highest BCUT2D eigenvalue weighted by atomic mass is 16.1. The van der Waals surface area contributed by atoms with Crippen LogP contribution in [0.4, 0.5) is 0 Å². The van der Waals surface area contributed by atoms with Crippen molar-refractivity contribution in [2.45, 2.75) is 13.8 Å². The van der Waals surface area contributed by atoms with Crippen LogP contribution in [0.2, 0.25) is 0 Å². The van der Waals surface area contributed by atoms with Gasteiger partial charge in [-0.2, -0.15) is 0 Å². The standard InChI is InChI=1S/C11H16N4O/c1-4-6-13-11(15-9-12-5-2)7-14-10(3)8-16/h4-5,7-9,13H,1,6H2,2-3H3/b11-7+,12-5?,14-10?,15-9?. The number of carbonyl (C=O) groups is 1. The van der Waals surface area contributed by atoms with E-state index in [2.05, 4.69) is 26.9 Å². The molecule has 0 saturated carbocycles. The van der Waals surface area contributed by atoms with Crippen LogP contribution in [0.1, 0.15) is 13.8 Å². The third-order valence-corrected chi connectivity index (χ3v) is 1.40. The van der Waals surface area contributed by atoms with Crippen molar-refractivity contribution < 1.29 is 4.79 Å². The molecule has 0 aromatic heterocycles. The average molecular weight is 220 g/mol. The van der Waals surface area contributed by atoms with Gasteiger partial charge in [-0.3, -0.25) is 9.79 Å². The smallest absolute Gasteiger partial charge is 0.163 e. The Labute approximate surface area is 95.4 Å². The van der Waals surface area contributed by atoms with E-state index in [9.17, 15) is 4.79 Å². The third kappa shape index (κ3) is 7.37. The zero-order valence-electron chi connectivity index (χ0n) is 9.55. The number of aldehydes is 1. The summed E-state index contributed by atoms with van der Waals surface area (Å²) < 4.78 is 0. The van der Waals surface area contributed by atoms with E-state index < -0.39 is 0 Å². The van der Waals surface area contributed by atoms with Gasteiger partial charge >= 0.3 is 0 Å². The maximum absolute atomic E-state index is 10.3. The number of carbonyl (C=O) groups excluding carboxylic acids is 1. The summed E-state index contributed by atoms with van der Waals surface area (Å²) in [5, 5.41) is 2.96. The first-order valence-corrected chi connectivity index (χ1v) is 4.79. The van der Waals surface area contributed by atoms with E-state index in [4.69, 9.17) is 0 Å². The van der Waals surface area contributed by atoms with Gasteiger partial charge in [0.05, 0.1) is 11.9 Å². The van der Waals surface area contributed by atoms with Crippen LogP contribution in [-0.2, 0) is 4.79 Å². The minimum Gasteiger partial charge on any atom is -0.365 e. The molecule has 0 aliphatic heterocycles. The second kappa shape index (κ2) is 9.51. The van der Waals surface area contributed by atoms with Gasteiger partial charge < -0.3 is 5.32 Å². The lowest BCUT2D eigenvalue weighted by Gasteiger charge is -2.00. The van der Waals surface area contributed by atoms with E-state index in [0.717, 1.165) is 0 Å². The maximum atomic E-state index is 10.3. The Morgan fingerprint density at radius 1 is 1.50 bits per heavy atom. The Bertz CT molecular complexity index is 340. The Hall–Kier alpha value is -2.04. The Morgan fingerprint density at radius 3 is 2.81 bits per heavy atom. The highest BCUT2D eigenvalue weighted by Gasteiger charge is 1.90. The average Bonchev–Trinajstić information content (AvgIpc) is 2.31. The molecule has 5 heteroatoms. The summed E-state index contributed by atoms with van der Waals surface area (Å²) >= 11 is 0. The van der Waals surface area contributed by atoms with Gasteiger partial charge in [0.15, 0.2) is 6.29 Å². The molecule has 0 radical (unpaired) electrons. The molecular weight excluding hydrogens is 204 g/mol. The molecule has 1 N–H and O–H groups in total. The lowest BCUT2D eigenvalue weighted by molar-refractivity contribution is -0.102. The van der Waals surface area contributed by atoms with Gasteiger partial charge in [-0.1, -0.05) is 6.08 Å². The van der Waals surface area contributed by atoms with Crippen molar-refractivity contribution in [3.63, 3.8) is 0 Å². The second-order valence-corrected chi connectivity index (χ2v) is 2.72. The summed E-state index contributed by atoms with van der Waals surface area (Å²) in [7, 11) is 0. The molecule has 0 unspecified atom stereocenters. The van der Waals surface area contributed by atoms with E-state index in [-0.39, 0.29) is 0 Å². The van der Waals surface area contributed by atoms with Crippen molar-refractivity contribution in [1.82, 2.24) is 5.32 Å². The van der Waals surface area contributed by atoms with Crippen molar-refractivity contribution >= 4 is 24.6 Å². The topological polar surface area (TPSA) is 66.2 Å². The first-order valence-electron chi connectivity index (χ1n) is 4.79. The van der Waals surface area contributed by atoms with Gasteiger partial charge in [0.1, 0.15) is 12.2 Å². The van der Waals surface area contributed by atoms with Crippen molar-refractivity contribution in [2.24, 2.45) is 15.0 Å². The zero-order valence-corrected chi connectivity index (χ0v) is 9.55. The summed E-state index contributed by atoms with van der Waals surface area (Å²) in [5.74, 6) is 0.520. The van der Waals surface area contributed by atoms with Gasteiger partial charge in [-0.05, 0) is 13.8 Å². The van der Waals surface area contributed by atoms with Crippen molar-refractivity contribution in [3.8, 4) is 0 Å². The third-order valence-electron chi connectivity index (χ3n) is 1.40. The van der Waals surface area contributed by atoms with Crippen LogP contribution in [0, 0.1) is 0 Å². The van der Waals surface area contributed by atoms with E-state index in [1.807, 2.05) is 0 Å². The minimum absolute atomic E-state index is 0.382. The maximum Gasteiger partial charge on any atom is 0.163 e. The van der Waals surface area contributed by atoms with E-state index in [1.165, 1.54) is 12.5 Å². The largest absolute Gasteiger partial charge is 0.365 e. The Morgan fingerprint density at radius 2 is 2.25 bits per heavy atom. The molecule has 0 bridgehead atoms. The fourth-order valence-electron chi connectivity index (χ4n) is 0.657. The molecule has 0 amide bonds. The molecule has 0 atom stereocenters. The summed E-state index contributed by atoms with van der Waals surface area (Å²) in [5.41, 5.74) is 0.382. The van der Waals surface area contributed by atoms with Crippen LogP contribution in [0.15, 0.2) is 39.7 Å². The zero-order chi connectivity index (χ0) is 12.2. The molecule has 0 heterocycles. The van der Waals surface area contributed by atoms with Gasteiger partial charge in [0.25, 0.3) is 0 Å². The second-order valence-electron chi connectivity index (χ2n) is 2.72. The molecule has 16 heavy (non-hydrogen) atoms. The number of rotatable bonds is 7. The number of hydrogen-bond acceptors (Lipinski definition) is 4. The van der Waals surface area contributed by atoms with Crippen molar-refractivity contribution in [2.75, 3.05) is 6.54 Å². The molecule has 0 aromatic carbocycles. The van der Waals surface area contributed by atoms with E-state index in [1.54, 1.807) is 26.1 Å². The lowest BCUT2D eigenvalue weighted by atomic mass is 10.5. The quantitative estimate of drug-likeness (QED) is 0.304. The van der Waals surface area contributed by atoms with Crippen LogP contribution in [0.25, 0.3) is 0 Å². The lowest BCUT2D eigenvalue weighted by Crippen LogP contribution is -2.11. The molecule has 86 valence electrons. The van der Waals surface area contributed by atoms with Crippen LogP contribution >= 0.6 is 0 Å². The number of nitrogens with zero attached hydrogens (tertiary/aromatic N) is 3. The molecule has 0 fully saturated rings. The predicted molar refractivity (Wildman–Crippen MR) is 68.1 cm³/mol. The van der Waals surface area contributed by atoms with E-state index >= 15 is 0 Å². The summed E-state index contributed by atoms with van der Waals surface area (Å²) in [6.45, 7) is 7.55. The van der Waals surface area contributed by atoms with Crippen LogP contribution in [0.3, 0.4) is 0 Å². The molecule has 0 aliphatic rings. The summed E-state index contributed by atoms with van der Waals surface area (Å²) in [4.78, 5) is 22.1. The minimum atomic E-state index is 0.382. The first kappa shape index (κ1) is 14.0. The normalized spacial score (nSPS) is 13.4. The molecular formula is C11H16N4O. The SMILES string of the molecule is C=CCN/C(=C\N=C(C)C=O)N=CN=CC. The first-order chi connectivity index (χ1) is 7.74. The highest BCUT2D eigenvalue weighted by Crippen LogP contribution is 1.92. The van der Waals surface area contributed by atoms with Gasteiger partial charge in [0, 0.05) is 12.8 Å². The van der Waals surface area contributed by atoms with E-state index in [0.29, 0.717) is 24.4 Å².